The lowest BCUT2D eigenvalue weighted by atomic mass is 9.96. The second-order valence-corrected chi connectivity index (χ2v) is 10.5. The number of nitrogens with one attached hydrogen (secondary N) is 3. The maximum Gasteiger partial charge on any atom is 0.328 e. The van der Waals surface area contributed by atoms with E-state index in [1.54, 1.807) is 40.0 Å². The molecular formula is C27H31N5O7S. The minimum atomic E-state index is -1.03. The van der Waals surface area contributed by atoms with E-state index in [2.05, 4.69) is 32.6 Å². The fourth-order valence-electron chi connectivity index (χ4n) is 3.33. The summed E-state index contributed by atoms with van der Waals surface area (Å²) in [5.74, 6) is 1.29. The lowest BCUT2D eigenvalue weighted by molar-refractivity contribution is -0.146. The zero-order chi connectivity index (χ0) is 29.4. The number of esters is 2. The molecule has 0 aliphatic heterocycles. The van der Waals surface area contributed by atoms with Crippen LogP contribution in [0.1, 0.15) is 62.7 Å². The molecule has 0 aromatic carbocycles. The van der Waals surface area contributed by atoms with E-state index >= 15 is 0 Å². The van der Waals surface area contributed by atoms with Crippen LogP contribution in [-0.2, 0) is 23.9 Å². The molecule has 3 aromatic rings. The molecule has 0 spiro atoms. The van der Waals surface area contributed by atoms with Crippen molar-refractivity contribution in [2.75, 3.05) is 18.5 Å². The molecule has 12 nitrogen and oxygen atoms in total. The molecule has 2 amide bonds. The highest BCUT2D eigenvalue weighted by Crippen LogP contribution is 2.19. The summed E-state index contributed by atoms with van der Waals surface area (Å²) in [6, 6.07) is 4.71. The smallest absolute Gasteiger partial charge is 0.328 e. The van der Waals surface area contributed by atoms with E-state index in [-0.39, 0.29) is 42.9 Å². The molecule has 40 heavy (non-hydrogen) atoms. The van der Waals surface area contributed by atoms with Gasteiger partial charge in [0.2, 0.25) is 5.91 Å². The number of H-pyrrole nitrogens is 1. The summed E-state index contributed by atoms with van der Waals surface area (Å²) >= 11 is 1.18. The van der Waals surface area contributed by atoms with Crippen molar-refractivity contribution in [3.8, 4) is 12.0 Å². The number of hydrogen-bond acceptors (Lipinski definition) is 9. The molecule has 0 unspecified atom stereocenters. The number of aromatic nitrogens is 3. The Bertz CT molecular complexity index is 1530. The molecule has 3 rings (SSSR count). The lowest BCUT2D eigenvalue weighted by Crippen LogP contribution is -2.42. The number of carbonyl (C=O) groups is 4. The Labute approximate surface area is 234 Å². The van der Waals surface area contributed by atoms with Crippen LogP contribution in [0.15, 0.2) is 28.6 Å². The van der Waals surface area contributed by atoms with Crippen LogP contribution in [0.5, 0.6) is 0 Å². The topological polar surface area (TPSA) is 161 Å². The van der Waals surface area contributed by atoms with Gasteiger partial charge in [-0.3, -0.25) is 19.2 Å². The van der Waals surface area contributed by atoms with Crippen molar-refractivity contribution in [3.63, 3.8) is 0 Å². The number of rotatable bonds is 9. The van der Waals surface area contributed by atoms with Gasteiger partial charge in [0.1, 0.15) is 23.8 Å². The number of aromatic amines is 1. The molecule has 3 N–H and O–H groups in total. The van der Waals surface area contributed by atoms with E-state index < -0.39 is 34.9 Å². The SMILES string of the molecule is CCOC(=O)CC[C@H](NC(=O)c1csc(C#Cn2cnc3[nH]c(NC(=O)C(C)(C)C)cc3c2=O)c1)C(=O)OCC. The molecule has 0 aliphatic carbocycles. The van der Waals surface area contributed by atoms with Crippen LogP contribution in [0.2, 0.25) is 0 Å². The maximum absolute atomic E-state index is 12.9. The van der Waals surface area contributed by atoms with E-state index in [4.69, 9.17) is 9.47 Å². The Morgan fingerprint density at radius 1 is 1.15 bits per heavy atom. The fourth-order valence-corrected chi connectivity index (χ4v) is 4.06. The molecule has 1 atom stereocenters. The number of ether oxygens (including phenoxy) is 2. The van der Waals surface area contributed by atoms with Gasteiger partial charge in [-0.05, 0) is 38.3 Å². The van der Waals surface area contributed by atoms with Gasteiger partial charge in [0.15, 0.2) is 0 Å². The molecule has 0 radical (unpaired) electrons. The highest BCUT2D eigenvalue weighted by molar-refractivity contribution is 7.10. The number of carbonyl (C=O) groups excluding carboxylic acids is 4. The van der Waals surface area contributed by atoms with Gasteiger partial charge in [-0.1, -0.05) is 20.8 Å². The van der Waals surface area contributed by atoms with Crippen LogP contribution < -0.4 is 16.2 Å². The summed E-state index contributed by atoms with van der Waals surface area (Å²) in [6.07, 6.45) is 1.23. The first kappa shape index (κ1) is 30.1. The molecule has 3 aromatic heterocycles. The maximum atomic E-state index is 12.9. The number of nitrogens with zero attached hydrogens (tertiary/aromatic N) is 2. The van der Waals surface area contributed by atoms with Crippen molar-refractivity contribution in [3.05, 3.63) is 44.6 Å². The van der Waals surface area contributed by atoms with E-state index in [9.17, 15) is 24.0 Å². The first-order valence-corrected chi connectivity index (χ1v) is 13.5. The highest BCUT2D eigenvalue weighted by Gasteiger charge is 2.25. The fraction of sp³-hybridized carbons (Fsp3) is 0.407. The van der Waals surface area contributed by atoms with Gasteiger partial charge >= 0.3 is 11.9 Å². The van der Waals surface area contributed by atoms with Gasteiger partial charge in [-0.15, -0.1) is 11.3 Å². The Morgan fingerprint density at radius 2 is 1.88 bits per heavy atom. The molecule has 0 bridgehead atoms. The van der Waals surface area contributed by atoms with E-state index in [0.29, 0.717) is 16.3 Å². The normalized spacial score (nSPS) is 11.7. The molecule has 3 heterocycles. The first-order chi connectivity index (χ1) is 18.9. The Hall–Kier alpha value is -4.44. The predicted octanol–water partition coefficient (Wildman–Crippen LogP) is 2.63. The zero-order valence-electron chi connectivity index (χ0n) is 22.9. The molecular weight excluding hydrogens is 538 g/mol. The number of amides is 2. The van der Waals surface area contributed by atoms with E-state index in [1.807, 2.05) is 0 Å². The molecule has 0 saturated heterocycles. The first-order valence-electron chi connectivity index (χ1n) is 12.6. The Balaban J connectivity index is 1.73. The summed E-state index contributed by atoms with van der Waals surface area (Å²) in [5, 5.41) is 7.14. The Kier molecular flexibility index (Phi) is 9.84. The third-order valence-corrected chi connectivity index (χ3v) is 6.30. The summed E-state index contributed by atoms with van der Waals surface area (Å²) in [6.45, 7) is 8.98. The zero-order valence-corrected chi connectivity index (χ0v) is 23.7. The quantitative estimate of drug-likeness (QED) is 0.262. The van der Waals surface area contributed by atoms with Crippen LogP contribution in [-0.4, -0.2) is 57.5 Å². The van der Waals surface area contributed by atoms with Crippen LogP contribution in [0.4, 0.5) is 5.82 Å². The third kappa shape index (κ3) is 7.79. The van der Waals surface area contributed by atoms with Crippen LogP contribution in [0, 0.1) is 17.4 Å². The molecule has 0 aliphatic rings. The van der Waals surface area contributed by atoms with E-state index in [0.717, 1.165) is 4.57 Å². The number of thiophene rings is 1. The minimum Gasteiger partial charge on any atom is -0.466 e. The number of anilines is 1. The third-order valence-electron chi connectivity index (χ3n) is 5.46. The standard InChI is InChI=1S/C27H31N5O7S/c1-6-38-21(33)9-8-19(25(36)39-7-2)29-23(34)16-12-17(40-14-16)10-11-32-15-28-22-18(24(32)35)13-20(30-22)31-26(37)27(3,4)5/h12-15,19,30H,6-9H2,1-5H3,(H,29,34)(H,31,37)/t19-/m0/s1. The Morgan fingerprint density at radius 3 is 2.55 bits per heavy atom. The van der Waals surface area contributed by atoms with Crippen LogP contribution in [0.3, 0.4) is 0 Å². The van der Waals surface area contributed by atoms with Gasteiger partial charge in [0.25, 0.3) is 11.5 Å². The molecule has 0 fully saturated rings. The van der Waals surface area contributed by atoms with Crippen molar-refractivity contribution >= 4 is 51.9 Å². The van der Waals surface area contributed by atoms with Gasteiger partial charge in [0.05, 0.1) is 29.0 Å². The van der Waals surface area contributed by atoms with Crippen LogP contribution in [0.25, 0.3) is 11.0 Å². The summed E-state index contributed by atoms with van der Waals surface area (Å²) in [7, 11) is 0. The largest absolute Gasteiger partial charge is 0.466 e. The molecule has 13 heteroatoms. The minimum absolute atomic E-state index is 0.0271. The van der Waals surface area contributed by atoms with Crippen molar-refractivity contribution in [1.29, 1.82) is 0 Å². The second-order valence-electron chi connectivity index (χ2n) is 9.63. The van der Waals surface area contributed by atoms with Crippen LogP contribution >= 0.6 is 11.3 Å². The van der Waals surface area contributed by atoms with Crippen molar-refractivity contribution in [1.82, 2.24) is 19.9 Å². The number of hydrogen-bond donors (Lipinski definition) is 3. The average Bonchev–Trinajstić information content (AvgIpc) is 3.53. The summed E-state index contributed by atoms with van der Waals surface area (Å²) in [4.78, 5) is 69.5. The second kappa shape index (κ2) is 13.1. The molecule has 212 valence electrons. The summed E-state index contributed by atoms with van der Waals surface area (Å²) in [5.41, 5.74) is -0.486. The van der Waals surface area contributed by atoms with Gasteiger partial charge < -0.3 is 25.1 Å². The number of fused-ring (bicyclic) bond motifs is 1. The van der Waals surface area contributed by atoms with Gasteiger partial charge in [-0.25, -0.2) is 14.3 Å². The summed E-state index contributed by atoms with van der Waals surface area (Å²) < 4.78 is 11.0. The predicted molar refractivity (Wildman–Crippen MR) is 149 cm³/mol. The van der Waals surface area contributed by atoms with Gasteiger partial charge in [0, 0.05) is 23.3 Å². The highest BCUT2D eigenvalue weighted by atomic mass is 32.1. The molecule has 0 saturated carbocycles. The van der Waals surface area contributed by atoms with Crippen molar-refractivity contribution in [2.24, 2.45) is 5.41 Å². The monoisotopic (exact) mass is 569 g/mol. The lowest BCUT2D eigenvalue weighted by Gasteiger charge is -2.16. The van der Waals surface area contributed by atoms with Gasteiger partial charge in [-0.2, -0.15) is 0 Å². The van der Waals surface area contributed by atoms with Crippen molar-refractivity contribution in [2.45, 2.75) is 53.5 Å². The van der Waals surface area contributed by atoms with Crippen molar-refractivity contribution < 1.29 is 28.7 Å². The van der Waals surface area contributed by atoms with E-state index in [1.165, 1.54) is 29.8 Å². The average molecular weight is 570 g/mol.